The molecule has 64 valence electrons. The van der Waals surface area contributed by atoms with E-state index in [1.807, 2.05) is 0 Å². The summed E-state index contributed by atoms with van der Waals surface area (Å²) < 4.78 is 0. The number of Topliss-reactive ketones (excluding diaryl/α,β-unsaturated/α-hetero) is 1. The lowest BCUT2D eigenvalue weighted by molar-refractivity contribution is -0.120. The zero-order chi connectivity index (χ0) is 8.43. The number of hydrogen-bond donors (Lipinski definition) is 0. The number of rotatable bonds is 2. The minimum absolute atomic E-state index is 0.0411. The highest BCUT2D eigenvalue weighted by molar-refractivity contribution is 8.61. The molecule has 0 radical (unpaired) electrons. The minimum atomic E-state index is 0.0411. The second-order valence-electron chi connectivity index (χ2n) is 2.90. The molecule has 1 aliphatic rings. The lowest BCUT2D eigenvalue weighted by atomic mass is 10.1. The molecule has 0 N–H and O–H groups in total. The van der Waals surface area contributed by atoms with Gasteiger partial charge in [-0.25, -0.2) is 0 Å². The standard InChI is InChI=1S/C6H14OP4/c1-4-5(7)2-3-6(4)11(9)10-8/h4,6,10H,2-3,8-9H2,1H3/t4-,6-,11?/m0/s1. The Morgan fingerprint density at radius 1 is 1.73 bits per heavy atom. The second-order valence-corrected chi connectivity index (χ2v) is 12.5. The number of carbonyl (C=O) groups is 1. The fourth-order valence-corrected chi connectivity index (χ4v) is 7.28. The zero-order valence-electron chi connectivity index (χ0n) is 6.58. The van der Waals surface area contributed by atoms with Gasteiger partial charge in [0.05, 0.1) is 0 Å². The van der Waals surface area contributed by atoms with Gasteiger partial charge in [-0.05, 0) is 12.1 Å². The molecule has 0 aromatic carbocycles. The molecule has 0 aromatic rings. The molecule has 0 saturated heterocycles. The predicted molar refractivity (Wildman–Crippen MR) is 61.8 cm³/mol. The van der Waals surface area contributed by atoms with E-state index in [9.17, 15) is 4.79 Å². The maximum absolute atomic E-state index is 11.2. The van der Waals surface area contributed by atoms with Crippen LogP contribution in [0.15, 0.2) is 0 Å². The van der Waals surface area contributed by atoms with Crippen LogP contribution >= 0.6 is 33.1 Å². The molecule has 11 heavy (non-hydrogen) atoms. The van der Waals surface area contributed by atoms with Gasteiger partial charge in [0.25, 0.3) is 0 Å². The Balaban J connectivity index is 2.54. The normalized spacial score (nSPS) is 35.4. The average Bonchev–Trinajstić information content (AvgIpc) is 2.32. The van der Waals surface area contributed by atoms with Crippen LogP contribution in [0.1, 0.15) is 19.8 Å². The van der Waals surface area contributed by atoms with E-state index < -0.39 is 0 Å². The molecule has 4 unspecified atom stereocenters. The monoisotopic (exact) mass is 226 g/mol. The molecule has 5 heteroatoms. The van der Waals surface area contributed by atoms with Crippen molar-refractivity contribution in [2.24, 2.45) is 5.92 Å². The van der Waals surface area contributed by atoms with Crippen LogP contribution in [0.4, 0.5) is 0 Å². The first kappa shape index (κ1) is 10.5. The summed E-state index contributed by atoms with van der Waals surface area (Å²) in [5.74, 6) is 0.819. The molecule has 1 nitrogen and oxygen atoms in total. The van der Waals surface area contributed by atoms with E-state index in [4.69, 9.17) is 0 Å². The molecular weight excluding hydrogens is 212 g/mol. The summed E-state index contributed by atoms with van der Waals surface area (Å²) in [5.41, 5.74) is 0.693. The molecule has 0 heterocycles. The lowest BCUT2D eigenvalue weighted by Gasteiger charge is -2.20. The number of carbonyl (C=O) groups excluding carboxylic acids is 1. The SMILES string of the molecule is C[C@H]1C(=O)CC[C@@H]1P(P)PP. The third kappa shape index (κ3) is 2.42. The van der Waals surface area contributed by atoms with Crippen molar-refractivity contribution < 1.29 is 4.79 Å². The lowest BCUT2D eigenvalue weighted by Crippen LogP contribution is -2.11. The van der Waals surface area contributed by atoms with Gasteiger partial charge in [0.2, 0.25) is 0 Å². The molecule has 0 aromatic heterocycles. The van der Waals surface area contributed by atoms with Gasteiger partial charge in [0.1, 0.15) is 5.78 Å². The summed E-state index contributed by atoms with van der Waals surface area (Å²) in [5, 5.41) is 0. The van der Waals surface area contributed by atoms with Crippen LogP contribution in [0.25, 0.3) is 0 Å². The predicted octanol–water partition coefficient (Wildman–Crippen LogP) is 3.01. The van der Waals surface area contributed by atoms with E-state index in [1.54, 1.807) is 0 Å². The first-order valence-corrected chi connectivity index (χ1v) is 10.4. The van der Waals surface area contributed by atoms with Crippen molar-refractivity contribution in [2.75, 3.05) is 0 Å². The maximum Gasteiger partial charge on any atom is 0.136 e. The fourth-order valence-electron chi connectivity index (χ4n) is 1.46. The molecule has 0 bridgehead atoms. The van der Waals surface area contributed by atoms with Crippen molar-refractivity contribution in [3.05, 3.63) is 0 Å². The van der Waals surface area contributed by atoms with Crippen molar-refractivity contribution in [3.8, 4) is 0 Å². The smallest absolute Gasteiger partial charge is 0.136 e. The van der Waals surface area contributed by atoms with Crippen LogP contribution < -0.4 is 0 Å². The Morgan fingerprint density at radius 2 is 2.36 bits per heavy atom. The Bertz CT molecular complexity index is 161. The Kier molecular flexibility index (Phi) is 4.36. The topological polar surface area (TPSA) is 17.1 Å². The first-order valence-electron chi connectivity index (χ1n) is 3.69. The number of hydrogen-bond acceptors (Lipinski definition) is 1. The van der Waals surface area contributed by atoms with E-state index in [1.165, 1.54) is 0 Å². The molecule has 0 spiro atoms. The van der Waals surface area contributed by atoms with E-state index in [0.717, 1.165) is 20.8 Å². The summed E-state index contributed by atoms with van der Waals surface area (Å²) in [6.45, 7) is 2.09. The van der Waals surface area contributed by atoms with Crippen LogP contribution in [-0.4, -0.2) is 11.4 Å². The van der Waals surface area contributed by atoms with Gasteiger partial charge in [0, 0.05) is 12.3 Å². The zero-order valence-corrected chi connectivity index (χ0v) is 10.8. The Labute approximate surface area is 75.5 Å². The maximum atomic E-state index is 11.2. The molecular formula is C6H14OP4. The summed E-state index contributed by atoms with van der Waals surface area (Å²) in [6.07, 6.45) is 1.96. The van der Waals surface area contributed by atoms with Crippen LogP contribution in [-0.2, 0) is 4.79 Å². The second kappa shape index (κ2) is 4.58. The molecule has 1 rings (SSSR count). The third-order valence-corrected chi connectivity index (χ3v) is 13.7. The van der Waals surface area contributed by atoms with E-state index in [0.29, 0.717) is 17.4 Å². The molecule has 1 aliphatic carbocycles. The van der Waals surface area contributed by atoms with E-state index >= 15 is 0 Å². The summed E-state index contributed by atoms with van der Waals surface area (Å²) in [4.78, 5) is 11.2. The van der Waals surface area contributed by atoms with Crippen LogP contribution in [0.2, 0.25) is 0 Å². The van der Waals surface area contributed by atoms with Gasteiger partial charge in [-0.3, -0.25) is 4.79 Å². The number of ketones is 1. The quantitative estimate of drug-likeness (QED) is 0.661. The molecule has 1 fully saturated rings. The highest BCUT2D eigenvalue weighted by Gasteiger charge is 2.33. The summed E-state index contributed by atoms with van der Waals surface area (Å²) in [7, 11) is 6.70. The third-order valence-electron chi connectivity index (χ3n) is 2.28. The molecule has 6 atom stereocenters. The van der Waals surface area contributed by atoms with Gasteiger partial charge in [0.15, 0.2) is 0 Å². The molecule has 1 saturated carbocycles. The highest BCUT2D eigenvalue weighted by Crippen LogP contribution is 2.72. The van der Waals surface area contributed by atoms with Gasteiger partial charge >= 0.3 is 0 Å². The minimum Gasteiger partial charge on any atom is -0.299 e. The van der Waals surface area contributed by atoms with E-state index in [-0.39, 0.29) is 7.30 Å². The van der Waals surface area contributed by atoms with Crippen molar-refractivity contribution in [2.45, 2.75) is 25.4 Å². The Morgan fingerprint density at radius 3 is 2.73 bits per heavy atom. The average molecular weight is 226 g/mol. The summed E-state index contributed by atoms with van der Waals surface area (Å²) in [6, 6.07) is 0. The van der Waals surface area contributed by atoms with Crippen molar-refractivity contribution >= 4 is 38.9 Å². The largest absolute Gasteiger partial charge is 0.299 e. The highest BCUT2D eigenvalue weighted by atomic mass is 32.6. The van der Waals surface area contributed by atoms with Gasteiger partial charge in [-0.2, -0.15) is 0 Å². The van der Waals surface area contributed by atoms with E-state index in [2.05, 4.69) is 24.8 Å². The van der Waals surface area contributed by atoms with Crippen molar-refractivity contribution in [3.63, 3.8) is 0 Å². The molecule has 0 amide bonds. The van der Waals surface area contributed by atoms with Crippen LogP contribution in [0.5, 0.6) is 0 Å². The first-order chi connectivity index (χ1) is 5.16. The van der Waals surface area contributed by atoms with Gasteiger partial charge in [-0.15, -0.1) is 17.9 Å². The fraction of sp³-hybridized carbons (Fsp3) is 0.833. The van der Waals surface area contributed by atoms with Crippen molar-refractivity contribution in [1.29, 1.82) is 0 Å². The van der Waals surface area contributed by atoms with Gasteiger partial charge in [-0.1, -0.05) is 22.2 Å². The van der Waals surface area contributed by atoms with Crippen LogP contribution in [0, 0.1) is 5.92 Å². The van der Waals surface area contributed by atoms with Crippen molar-refractivity contribution in [1.82, 2.24) is 0 Å². The molecule has 0 aliphatic heterocycles. The Hall–Kier alpha value is 1.39. The van der Waals surface area contributed by atoms with Gasteiger partial charge < -0.3 is 0 Å². The van der Waals surface area contributed by atoms with Crippen LogP contribution in [0.3, 0.4) is 0 Å². The summed E-state index contributed by atoms with van der Waals surface area (Å²) >= 11 is 0.